The summed E-state index contributed by atoms with van der Waals surface area (Å²) in [7, 11) is -1.90. The summed E-state index contributed by atoms with van der Waals surface area (Å²) in [6.07, 6.45) is 1.76. The van der Waals surface area contributed by atoms with Crippen LogP contribution in [-0.2, 0) is 23.5 Å². The van der Waals surface area contributed by atoms with Crippen molar-refractivity contribution in [3.63, 3.8) is 0 Å². The molecule has 1 aromatic carbocycles. The Morgan fingerprint density at radius 1 is 1.38 bits per heavy atom. The van der Waals surface area contributed by atoms with Crippen LogP contribution in [0.25, 0.3) is 0 Å². The number of aryl methyl sites for hydroxylation is 1. The van der Waals surface area contributed by atoms with Gasteiger partial charge in [-0.15, -0.1) is 10.2 Å². The fourth-order valence-electron chi connectivity index (χ4n) is 1.92. The Bertz CT molecular complexity index is 759. The average Bonchev–Trinajstić information content (AvgIpc) is 2.85. The van der Waals surface area contributed by atoms with Gasteiger partial charge in [-0.2, -0.15) is 5.26 Å². The molecule has 0 radical (unpaired) electrons. The zero-order valence-electron chi connectivity index (χ0n) is 11.7. The quantitative estimate of drug-likeness (QED) is 0.885. The molecule has 1 unspecified atom stereocenters. The van der Waals surface area contributed by atoms with E-state index in [4.69, 9.17) is 5.26 Å². The number of hydrogen-bond donors (Lipinski definition) is 1. The van der Waals surface area contributed by atoms with E-state index in [-0.39, 0.29) is 11.3 Å². The molecule has 0 spiro atoms. The minimum atomic E-state index is -3.65. The Kier molecular flexibility index (Phi) is 4.35. The zero-order chi connectivity index (χ0) is 15.5. The minimum Gasteiger partial charge on any atom is -0.319 e. The molecule has 0 saturated carbocycles. The van der Waals surface area contributed by atoms with Gasteiger partial charge in [-0.05, 0) is 24.6 Å². The first-order chi connectivity index (χ1) is 9.94. The molecule has 1 N–H and O–H groups in total. The highest BCUT2D eigenvalue weighted by atomic mass is 32.2. The average molecular weight is 305 g/mol. The Labute approximate surface area is 123 Å². The first kappa shape index (κ1) is 15.2. The molecule has 2 rings (SSSR count). The Hall–Kier alpha value is -2.24. The third-order valence-electron chi connectivity index (χ3n) is 2.98. The van der Waals surface area contributed by atoms with Crippen molar-refractivity contribution in [3.8, 4) is 6.07 Å². The molecule has 8 heteroatoms. The van der Waals surface area contributed by atoms with E-state index in [0.717, 1.165) is 5.56 Å². The molecule has 0 aliphatic rings. The van der Waals surface area contributed by atoms with Crippen LogP contribution in [-0.4, -0.2) is 23.2 Å². The van der Waals surface area contributed by atoms with Gasteiger partial charge < -0.3 is 4.57 Å². The van der Waals surface area contributed by atoms with Crippen LogP contribution >= 0.6 is 0 Å². The van der Waals surface area contributed by atoms with Crippen molar-refractivity contribution in [1.82, 2.24) is 19.5 Å². The molecule has 21 heavy (non-hydrogen) atoms. The van der Waals surface area contributed by atoms with Gasteiger partial charge in [0.25, 0.3) is 0 Å². The van der Waals surface area contributed by atoms with Gasteiger partial charge in [0.1, 0.15) is 12.2 Å². The number of rotatable bonds is 5. The standard InChI is InChI=1S/C13H15N5O2S/c1-10(13-16-15-9-18(13)2)17-21(19,20)12-5-3-11(4-6-12)7-8-14/h3-6,9-10,17H,7H2,1-2H3. The van der Waals surface area contributed by atoms with E-state index in [1.54, 1.807) is 30.7 Å². The second-order valence-electron chi connectivity index (χ2n) is 4.62. The zero-order valence-corrected chi connectivity index (χ0v) is 12.5. The van der Waals surface area contributed by atoms with Gasteiger partial charge in [-0.3, -0.25) is 0 Å². The van der Waals surface area contributed by atoms with Crippen LogP contribution in [0.15, 0.2) is 35.5 Å². The smallest absolute Gasteiger partial charge is 0.241 e. The van der Waals surface area contributed by atoms with E-state index < -0.39 is 16.1 Å². The maximum absolute atomic E-state index is 12.3. The number of benzene rings is 1. The lowest BCUT2D eigenvalue weighted by Crippen LogP contribution is -2.28. The molecule has 0 amide bonds. The van der Waals surface area contributed by atoms with E-state index in [9.17, 15) is 8.42 Å². The lowest BCUT2D eigenvalue weighted by atomic mass is 10.2. The lowest BCUT2D eigenvalue weighted by molar-refractivity contribution is 0.553. The molecule has 0 aliphatic heterocycles. The summed E-state index contributed by atoms with van der Waals surface area (Å²) < 4.78 is 28.8. The summed E-state index contributed by atoms with van der Waals surface area (Å²) in [6.45, 7) is 1.70. The van der Waals surface area contributed by atoms with Gasteiger partial charge in [0.05, 0.1) is 23.4 Å². The molecule has 0 fully saturated rings. The van der Waals surface area contributed by atoms with Gasteiger partial charge in [-0.25, -0.2) is 13.1 Å². The van der Waals surface area contributed by atoms with Gasteiger partial charge in [0.2, 0.25) is 10.0 Å². The van der Waals surface area contributed by atoms with Crippen LogP contribution in [0, 0.1) is 11.3 Å². The molecule has 1 aromatic heterocycles. The first-order valence-corrected chi connectivity index (χ1v) is 7.74. The largest absolute Gasteiger partial charge is 0.319 e. The third-order valence-corrected chi connectivity index (χ3v) is 4.54. The normalized spacial score (nSPS) is 12.8. The molecule has 7 nitrogen and oxygen atoms in total. The van der Waals surface area contributed by atoms with Crippen molar-refractivity contribution < 1.29 is 8.42 Å². The summed E-state index contributed by atoms with van der Waals surface area (Å²) in [4.78, 5) is 0.151. The van der Waals surface area contributed by atoms with Gasteiger partial charge in [0.15, 0.2) is 0 Å². The minimum absolute atomic E-state index is 0.151. The van der Waals surface area contributed by atoms with Crippen LogP contribution in [0.4, 0.5) is 0 Å². The highest BCUT2D eigenvalue weighted by Crippen LogP contribution is 2.15. The van der Waals surface area contributed by atoms with E-state index in [2.05, 4.69) is 14.9 Å². The lowest BCUT2D eigenvalue weighted by Gasteiger charge is -2.13. The predicted molar refractivity (Wildman–Crippen MR) is 75.5 cm³/mol. The monoisotopic (exact) mass is 305 g/mol. The van der Waals surface area contributed by atoms with Crippen LogP contribution in [0.5, 0.6) is 0 Å². The molecular weight excluding hydrogens is 290 g/mol. The predicted octanol–water partition coefficient (Wildman–Crippen LogP) is 0.921. The maximum Gasteiger partial charge on any atom is 0.241 e. The van der Waals surface area contributed by atoms with Crippen molar-refractivity contribution in [1.29, 1.82) is 5.26 Å². The molecule has 0 bridgehead atoms. The summed E-state index contributed by atoms with van der Waals surface area (Å²) >= 11 is 0. The van der Waals surface area contributed by atoms with Gasteiger partial charge >= 0.3 is 0 Å². The fraction of sp³-hybridized carbons (Fsp3) is 0.308. The van der Waals surface area contributed by atoms with Crippen molar-refractivity contribution in [2.75, 3.05) is 0 Å². The Balaban J connectivity index is 2.18. The fourth-order valence-corrected chi connectivity index (χ4v) is 3.12. The number of aromatic nitrogens is 3. The van der Waals surface area contributed by atoms with E-state index in [1.807, 2.05) is 6.07 Å². The second kappa shape index (κ2) is 6.03. The topological polar surface area (TPSA) is 101 Å². The SMILES string of the molecule is CC(NS(=O)(=O)c1ccc(CC#N)cc1)c1nncn1C. The Morgan fingerprint density at radius 2 is 2.05 bits per heavy atom. The van der Waals surface area contributed by atoms with Crippen LogP contribution in [0.2, 0.25) is 0 Å². The van der Waals surface area contributed by atoms with E-state index >= 15 is 0 Å². The van der Waals surface area contributed by atoms with Gasteiger partial charge in [-0.1, -0.05) is 12.1 Å². The molecule has 1 heterocycles. The third kappa shape index (κ3) is 3.45. The molecule has 110 valence electrons. The number of hydrogen-bond acceptors (Lipinski definition) is 5. The Morgan fingerprint density at radius 3 is 2.57 bits per heavy atom. The number of nitriles is 1. The number of sulfonamides is 1. The van der Waals surface area contributed by atoms with Crippen molar-refractivity contribution in [2.45, 2.75) is 24.3 Å². The summed E-state index contributed by atoms with van der Waals surface area (Å²) in [6, 6.07) is 7.75. The van der Waals surface area contributed by atoms with Crippen LogP contribution in [0.1, 0.15) is 24.4 Å². The van der Waals surface area contributed by atoms with Gasteiger partial charge in [0, 0.05) is 7.05 Å². The summed E-state index contributed by atoms with van der Waals surface area (Å²) in [5.41, 5.74) is 0.776. The summed E-state index contributed by atoms with van der Waals surface area (Å²) in [5, 5.41) is 16.2. The first-order valence-electron chi connectivity index (χ1n) is 6.26. The maximum atomic E-state index is 12.3. The van der Waals surface area contributed by atoms with Crippen LogP contribution < -0.4 is 4.72 Å². The van der Waals surface area contributed by atoms with Crippen molar-refractivity contribution in [2.24, 2.45) is 7.05 Å². The molecular formula is C13H15N5O2S. The second-order valence-corrected chi connectivity index (χ2v) is 6.34. The molecule has 1 atom stereocenters. The molecule has 0 aliphatic carbocycles. The number of nitrogens with zero attached hydrogens (tertiary/aromatic N) is 4. The van der Waals surface area contributed by atoms with Crippen molar-refractivity contribution >= 4 is 10.0 Å². The summed E-state index contributed by atoms with van der Waals surface area (Å²) in [5.74, 6) is 0.527. The van der Waals surface area contributed by atoms with E-state index in [1.165, 1.54) is 18.5 Å². The highest BCUT2D eigenvalue weighted by molar-refractivity contribution is 7.89. The van der Waals surface area contributed by atoms with Crippen LogP contribution in [0.3, 0.4) is 0 Å². The number of nitrogens with one attached hydrogen (secondary N) is 1. The molecule has 2 aromatic rings. The molecule has 0 saturated heterocycles. The van der Waals surface area contributed by atoms with Crippen molar-refractivity contribution in [3.05, 3.63) is 42.0 Å². The van der Waals surface area contributed by atoms with E-state index in [0.29, 0.717) is 5.82 Å². The highest BCUT2D eigenvalue weighted by Gasteiger charge is 2.20.